The molecule has 1 aromatic carbocycles. The number of aryl methyl sites for hydroxylation is 3. The van der Waals surface area contributed by atoms with E-state index in [0.717, 1.165) is 22.5 Å². The first kappa shape index (κ1) is 18.6. The summed E-state index contributed by atoms with van der Waals surface area (Å²) in [7, 11) is 0. The number of carbonyl (C=O) groups excluding carboxylic acids is 1. The predicted molar refractivity (Wildman–Crippen MR) is 102 cm³/mol. The Balaban J connectivity index is 1.47. The summed E-state index contributed by atoms with van der Waals surface area (Å²) in [5.41, 5.74) is 4.55. The van der Waals surface area contributed by atoms with E-state index >= 15 is 0 Å². The van der Waals surface area contributed by atoms with E-state index in [1.54, 1.807) is 6.92 Å². The maximum atomic E-state index is 12.1. The van der Waals surface area contributed by atoms with Crippen LogP contribution in [0.1, 0.15) is 28.6 Å². The zero-order valence-corrected chi connectivity index (χ0v) is 16.2. The Kier molecular flexibility index (Phi) is 4.94. The number of benzene rings is 1. The van der Waals surface area contributed by atoms with Crippen LogP contribution >= 0.6 is 0 Å². The van der Waals surface area contributed by atoms with Gasteiger partial charge in [-0.05, 0) is 20.8 Å². The lowest BCUT2D eigenvalue weighted by atomic mass is 10.1. The Hall–Kier alpha value is -3.75. The number of H-pyrrole nitrogens is 1. The second-order valence-electron chi connectivity index (χ2n) is 6.58. The van der Waals surface area contributed by atoms with Gasteiger partial charge >= 0.3 is 5.97 Å². The lowest BCUT2D eigenvalue weighted by Crippen LogP contribution is -2.09. The number of rotatable bonds is 6. The van der Waals surface area contributed by atoms with Gasteiger partial charge in [0.15, 0.2) is 6.61 Å². The standard InChI is InChI=1S/C20H19N5O4/c1-11-15(12(2)22-21-11)9-17(26)27-10-16-23-24-20(28-16)18-13(3)29-25-19(18)14-7-5-4-6-8-14/h4-8H,9-10H2,1-3H3,(H,21,22). The minimum atomic E-state index is -0.400. The summed E-state index contributed by atoms with van der Waals surface area (Å²) in [6.45, 7) is 5.35. The van der Waals surface area contributed by atoms with Gasteiger partial charge in [-0.1, -0.05) is 35.5 Å². The van der Waals surface area contributed by atoms with Gasteiger partial charge in [0.05, 0.1) is 12.1 Å². The molecule has 0 unspecified atom stereocenters. The second-order valence-corrected chi connectivity index (χ2v) is 6.58. The molecule has 3 aromatic heterocycles. The lowest BCUT2D eigenvalue weighted by Gasteiger charge is -2.02. The third-order valence-corrected chi connectivity index (χ3v) is 4.55. The highest BCUT2D eigenvalue weighted by Gasteiger charge is 2.22. The molecular formula is C20H19N5O4. The van der Waals surface area contributed by atoms with Gasteiger partial charge in [-0.2, -0.15) is 5.10 Å². The van der Waals surface area contributed by atoms with Crippen LogP contribution in [-0.4, -0.2) is 31.5 Å². The quantitative estimate of drug-likeness (QED) is 0.495. The van der Waals surface area contributed by atoms with Crippen molar-refractivity contribution >= 4 is 5.97 Å². The molecule has 0 spiro atoms. The summed E-state index contributed by atoms with van der Waals surface area (Å²) >= 11 is 0. The zero-order chi connectivity index (χ0) is 20.4. The molecule has 4 aromatic rings. The van der Waals surface area contributed by atoms with Gasteiger partial charge in [-0.15, -0.1) is 10.2 Å². The fourth-order valence-corrected chi connectivity index (χ4v) is 3.00. The van der Waals surface area contributed by atoms with Crippen LogP contribution < -0.4 is 0 Å². The number of hydrogen-bond donors (Lipinski definition) is 1. The van der Waals surface area contributed by atoms with Crippen LogP contribution in [-0.2, 0) is 22.6 Å². The number of ether oxygens (including phenoxy) is 1. The molecule has 0 amide bonds. The van der Waals surface area contributed by atoms with Crippen molar-refractivity contribution in [2.75, 3.05) is 0 Å². The first-order valence-electron chi connectivity index (χ1n) is 9.03. The van der Waals surface area contributed by atoms with E-state index in [1.807, 2.05) is 44.2 Å². The maximum Gasteiger partial charge on any atom is 0.310 e. The van der Waals surface area contributed by atoms with Gasteiger partial charge in [0, 0.05) is 16.8 Å². The minimum absolute atomic E-state index is 0.118. The highest BCUT2D eigenvalue weighted by atomic mass is 16.5. The monoisotopic (exact) mass is 393 g/mol. The molecule has 0 aliphatic rings. The Morgan fingerprint density at radius 2 is 1.93 bits per heavy atom. The van der Waals surface area contributed by atoms with Crippen LogP contribution in [0.25, 0.3) is 22.7 Å². The molecule has 0 fully saturated rings. The van der Waals surface area contributed by atoms with Gasteiger partial charge in [0.1, 0.15) is 17.0 Å². The zero-order valence-electron chi connectivity index (χ0n) is 16.2. The number of aromatic amines is 1. The number of nitrogens with zero attached hydrogens (tertiary/aromatic N) is 4. The van der Waals surface area contributed by atoms with Gasteiger partial charge in [-0.3, -0.25) is 9.89 Å². The van der Waals surface area contributed by atoms with Crippen molar-refractivity contribution in [1.82, 2.24) is 25.6 Å². The molecule has 0 saturated heterocycles. The van der Waals surface area contributed by atoms with Crippen LogP contribution in [0.3, 0.4) is 0 Å². The van der Waals surface area contributed by atoms with Gasteiger partial charge < -0.3 is 13.7 Å². The molecule has 4 rings (SSSR count). The summed E-state index contributed by atoms with van der Waals surface area (Å²) in [5.74, 6) is 0.606. The first-order chi connectivity index (χ1) is 14.0. The van der Waals surface area contributed by atoms with Crippen LogP contribution in [0.5, 0.6) is 0 Å². The van der Waals surface area contributed by atoms with Crippen LogP contribution in [0, 0.1) is 20.8 Å². The van der Waals surface area contributed by atoms with Crippen molar-refractivity contribution in [3.05, 3.63) is 58.9 Å². The van der Waals surface area contributed by atoms with Crippen molar-refractivity contribution in [3.8, 4) is 22.7 Å². The fraction of sp³-hybridized carbons (Fsp3) is 0.250. The van der Waals surface area contributed by atoms with Gasteiger partial charge in [-0.25, -0.2) is 0 Å². The van der Waals surface area contributed by atoms with Crippen LogP contribution in [0.15, 0.2) is 39.3 Å². The van der Waals surface area contributed by atoms with Crippen molar-refractivity contribution < 1.29 is 18.5 Å². The summed E-state index contributed by atoms with van der Waals surface area (Å²) in [5, 5.41) is 19.1. The smallest absolute Gasteiger partial charge is 0.310 e. The van der Waals surface area contributed by atoms with Crippen molar-refractivity contribution in [2.45, 2.75) is 33.8 Å². The molecule has 0 saturated carbocycles. The molecule has 0 aliphatic heterocycles. The Morgan fingerprint density at radius 3 is 2.66 bits per heavy atom. The van der Waals surface area contributed by atoms with Gasteiger partial charge in [0.25, 0.3) is 11.8 Å². The van der Waals surface area contributed by atoms with E-state index in [9.17, 15) is 4.79 Å². The maximum absolute atomic E-state index is 12.1. The molecule has 0 atom stereocenters. The first-order valence-corrected chi connectivity index (χ1v) is 9.03. The molecular weight excluding hydrogens is 374 g/mol. The topological polar surface area (TPSA) is 120 Å². The predicted octanol–water partition coefficient (Wildman–Crippen LogP) is 3.33. The molecule has 148 valence electrons. The molecule has 0 bridgehead atoms. The van der Waals surface area contributed by atoms with Crippen LogP contribution in [0.2, 0.25) is 0 Å². The molecule has 9 nitrogen and oxygen atoms in total. The molecule has 0 aliphatic carbocycles. The van der Waals surface area contributed by atoms with Crippen molar-refractivity contribution in [2.24, 2.45) is 0 Å². The highest BCUT2D eigenvalue weighted by molar-refractivity contribution is 5.77. The second kappa shape index (κ2) is 7.70. The molecule has 0 radical (unpaired) electrons. The SMILES string of the molecule is Cc1n[nH]c(C)c1CC(=O)OCc1nnc(-c2c(-c3ccccc3)noc2C)o1. The highest BCUT2D eigenvalue weighted by Crippen LogP contribution is 2.33. The van der Waals surface area contributed by atoms with E-state index in [0.29, 0.717) is 17.0 Å². The third kappa shape index (κ3) is 3.79. The average molecular weight is 393 g/mol. The molecule has 29 heavy (non-hydrogen) atoms. The number of hydrogen-bond acceptors (Lipinski definition) is 8. The third-order valence-electron chi connectivity index (χ3n) is 4.55. The molecule has 3 heterocycles. The largest absolute Gasteiger partial charge is 0.455 e. The molecule has 9 heteroatoms. The number of carbonyl (C=O) groups is 1. The van der Waals surface area contributed by atoms with Gasteiger partial charge in [0.2, 0.25) is 0 Å². The van der Waals surface area contributed by atoms with E-state index in [1.165, 1.54) is 0 Å². The Morgan fingerprint density at radius 1 is 1.14 bits per heavy atom. The minimum Gasteiger partial charge on any atom is -0.455 e. The van der Waals surface area contributed by atoms with E-state index < -0.39 is 5.97 Å². The number of nitrogens with one attached hydrogen (secondary N) is 1. The Labute approximate surface area is 166 Å². The fourth-order valence-electron chi connectivity index (χ4n) is 3.00. The summed E-state index contributed by atoms with van der Waals surface area (Å²) in [6, 6.07) is 9.57. The average Bonchev–Trinajstić information content (AvgIpc) is 3.42. The normalized spacial score (nSPS) is 11.0. The summed E-state index contributed by atoms with van der Waals surface area (Å²) in [6.07, 6.45) is 0.123. The van der Waals surface area contributed by atoms with Crippen molar-refractivity contribution in [1.29, 1.82) is 0 Å². The number of esters is 1. The number of aromatic nitrogens is 5. The summed E-state index contributed by atoms with van der Waals surface area (Å²) < 4.78 is 16.3. The lowest BCUT2D eigenvalue weighted by molar-refractivity contribution is -0.144. The molecule has 1 N–H and O–H groups in total. The van der Waals surface area contributed by atoms with Crippen LogP contribution in [0.4, 0.5) is 0 Å². The Bertz CT molecular complexity index is 1120. The van der Waals surface area contributed by atoms with E-state index in [2.05, 4.69) is 25.6 Å². The van der Waals surface area contributed by atoms with E-state index in [-0.39, 0.29) is 24.8 Å². The van der Waals surface area contributed by atoms with E-state index in [4.69, 9.17) is 13.7 Å². The van der Waals surface area contributed by atoms with Crippen molar-refractivity contribution in [3.63, 3.8) is 0 Å². The summed E-state index contributed by atoms with van der Waals surface area (Å²) in [4.78, 5) is 12.1.